The molecule has 19 nitrogen and oxygen atoms in total. The lowest BCUT2D eigenvalue weighted by Crippen LogP contribution is -2.66. The summed E-state index contributed by atoms with van der Waals surface area (Å²) in [5.74, 6) is -0.290. The molecule has 3 saturated heterocycles. The summed E-state index contributed by atoms with van der Waals surface area (Å²) in [4.78, 5) is 13.4. The maximum atomic E-state index is 13.4. The summed E-state index contributed by atoms with van der Waals surface area (Å²) in [5.41, 5.74) is 0. The minimum Gasteiger partial charge on any atom is -0.394 e. The van der Waals surface area contributed by atoms with Gasteiger partial charge in [0.05, 0.1) is 38.6 Å². The van der Waals surface area contributed by atoms with Crippen molar-refractivity contribution in [1.82, 2.24) is 5.32 Å². The quantitative estimate of drug-likeness (QED) is 0.0199. The normalized spacial score (nSPS) is 27.9. The first kappa shape index (κ1) is 85.2. The first-order valence-electron chi connectivity index (χ1n) is 36.8. The fraction of sp³-hybridized carbons (Fsp3) is 0.800. The van der Waals surface area contributed by atoms with E-state index in [9.17, 15) is 61.0 Å². The zero-order chi connectivity index (χ0) is 68.2. The van der Waals surface area contributed by atoms with Crippen molar-refractivity contribution in [2.75, 3.05) is 26.4 Å². The van der Waals surface area contributed by atoms with Gasteiger partial charge in [0.25, 0.3) is 0 Å². The van der Waals surface area contributed by atoms with Crippen LogP contribution in [0.2, 0.25) is 0 Å². The molecule has 3 fully saturated rings. The smallest absolute Gasteiger partial charge is 0.220 e. The lowest BCUT2D eigenvalue weighted by atomic mass is 9.96. The van der Waals surface area contributed by atoms with Gasteiger partial charge in [-0.05, 0) is 77.0 Å². The van der Waals surface area contributed by atoms with E-state index in [-0.39, 0.29) is 18.9 Å². The van der Waals surface area contributed by atoms with Crippen LogP contribution in [0.3, 0.4) is 0 Å². The summed E-state index contributed by atoms with van der Waals surface area (Å²) >= 11 is 0. The monoisotopic (exact) mass is 1330 g/mol. The highest BCUT2D eigenvalue weighted by molar-refractivity contribution is 5.76. The van der Waals surface area contributed by atoms with E-state index in [1.807, 2.05) is 6.08 Å². The van der Waals surface area contributed by atoms with Crippen LogP contribution >= 0.6 is 0 Å². The molecule has 544 valence electrons. The molecule has 3 heterocycles. The average Bonchev–Trinajstić information content (AvgIpc) is 0.787. The molecule has 3 aliphatic heterocycles. The Hall–Kier alpha value is -3.03. The number of carbonyl (C=O) groups excluding carboxylic acids is 1. The van der Waals surface area contributed by atoms with Crippen LogP contribution in [-0.2, 0) is 33.2 Å². The first-order valence-corrected chi connectivity index (χ1v) is 36.8. The van der Waals surface area contributed by atoms with Crippen LogP contribution in [0.1, 0.15) is 251 Å². The molecule has 19 heteroatoms. The van der Waals surface area contributed by atoms with E-state index in [1.54, 1.807) is 6.08 Å². The topological polar surface area (TPSA) is 307 Å². The van der Waals surface area contributed by atoms with Crippen LogP contribution in [-0.4, -0.2) is 193 Å². The Kier molecular flexibility index (Phi) is 50.6. The van der Waals surface area contributed by atoms with Crippen molar-refractivity contribution in [1.29, 1.82) is 0 Å². The number of ether oxygens (including phenoxy) is 6. The van der Waals surface area contributed by atoms with Crippen LogP contribution in [0.25, 0.3) is 0 Å². The predicted molar refractivity (Wildman–Crippen MR) is 369 cm³/mol. The number of hydrogen-bond acceptors (Lipinski definition) is 18. The standard InChI is InChI=1S/C75H131NO18/c1-3-5-7-9-11-13-15-17-19-21-23-25-27-28-29-30-31-33-35-37-39-41-43-45-47-49-51-53-63(81)76-58(59(80)52-50-48-46-44-42-40-38-36-34-32-26-24-22-20-18-16-14-12-10-8-6-4-2)57-89-73-69(87)66(84)71(61(55-78)91-73)94-75-70(88)67(85)72(62(56-79)92-75)93-74-68(86)65(83)64(82)60(54-77)90-74/h5,7,11,13,17,19,23,25,28-29,42,44,50,52,58-62,64-75,77-80,82-88H,3-4,6,8-10,12,14-16,18,20-22,24,26-27,30-41,43,45-49,51,53-57H2,1-2H3,(H,76,81)/b7-5-,13-11-,19-17-,25-23-,29-28-,44-42+,52-50+. The van der Waals surface area contributed by atoms with Crippen molar-refractivity contribution >= 4 is 5.91 Å². The van der Waals surface area contributed by atoms with Crippen LogP contribution in [0.4, 0.5) is 0 Å². The third-order valence-electron chi connectivity index (χ3n) is 17.9. The average molecular weight is 1330 g/mol. The molecule has 12 N–H and O–H groups in total. The second-order valence-corrected chi connectivity index (χ2v) is 26.0. The summed E-state index contributed by atoms with van der Waals surface area (Å²) in [7, 11) is 0. The molecule has 0 aliphatic carbocycles. The van der Waals surface area contributed by atoms with E-state index in [0.29, 0.717) is 12.8 Å². The number of nitrogens with one attached hydrogen (secondary N) is 1. The van der Waals surface area contributed by atoms with Crippen molar-refractivity contribution in [3.05, 3.63) is 85.1 Å². The number of allylic oxidation sites excluding steroid dienone is 13. The largest absolute Gasteiger partial charge is 0.394 e. The van der Waals surface area contributed by atoms with Gasteiger partial charge in [0.2, 0.25) is 5.91 Å². The highest BCUT2D eigenvalue weighted by Gasteiger charge is 2.53. The Labute approximate surface area is 565 Å². The second kappa shape index (κ2) is 55.8. The number of unbranched alkanes of at least 4 members (excludes halogenated alkanes) is 28. The van der Waals surface area contributed by atoms with Crippen molar-refractivity contribution in [2.24, 2.45) is 0 Å². The summed E-state index contributed by atoms with van der Waals surface area (Å²) in [6.07, 6.45) is 45.5. The molecule has 94 heavy (non-hydrogen) atoms. The molecule has 0 radical (unpaired) electrons. The molecule has 0 aromatic heterocycles. The Morgan fingerprint density at radius 1 is 0.394 bits per heavy atom. The molecule has 17 atom stereocenters. The van der Waals surface area contributed by atoms with E-state index in [1.165, 1.54) is 135 Å². The number of aliphatic hydroxyl groups is 11. The Bertz CT molecular complexity index is 2030. The fourth-order valence-corrected chi connectivity index (χ4v) is 12.0. The zero-order valence-corrected chi connectivity index (χ0v) is 57.7. The van der Waals surface area contributed by atoms with Gasteiger partial charge in [-0.15, -0.1) is 0 Å². The molecule has 17 unspecified atom stereocenters. The zero-order valence-electron chi connectivity index (χ0n) is 57.7. The molecular weight excluding hydrogens is 1200 g/mol. The summed E-state index contributed by atoms with van der Waals surface area (Å²) < 4.78 is 34.4. The SMILES string of the molecule is CC/C=C\C/C=C\C/C=C\C/C=C\C/C=C\CCCCCCCCCCCCCC(=O)NC(COC1OC(CO)C(OC2OC(CO)C(OC3OC(CO)C(O)C(O)C3O)C(O)C2O)C(O)C1O)C(O)/C=C/CC/C=C/CCCCCCCCCCCCCCCCCC. The number of aliphatic hydroxyl groups excluding tert-OH is 11. The van der Waals surface area contributed by atoms with E-state index in [4.69, 9.17) is 28.4 Å². The van der Waals surface area contributed by atoms with Crippen LogP contribution < -0.4 is 5.32 Å². The lowest BCUT2D eigenvalue weighted by molar-refractivity contribution is -0.379. The first-order chi connectivity index (χ1) is 45.8. The number of carbonyl (C=O) groups is 1. The molecule has 0 bridgehead atoms. The molecule has 3 aliphatic rings. The van der Waals surface area contributed by atoms with E-state index < -0.39 is 124 Å². The lowest BCUT2D eigenvalue weighted by Gasteiger charge is -2.48. The Morgan fingerprint density at radius 3 is 1.19 bits per heavy atom. The molecule has 0 spiro atoms. The molecular formula is C75H131NO18. The number of amides is 1. The third-order valence-corrected chi connectivity index (χ3v) is 17.9. The summed E-state index contributed by atoms with van der Waals surface area (Å²) in [6.45, 7) is 1.61. The van der Waals surface area contributed by atoms with Gasteiger partial charge < -0.3 is 89.9 Å². The molecule has 3 rings (SSSR count). The van der Waals surface area contributed by atoms with Gasteiger partial charge in [-0.3, -0.25) is 4.79 Å². The fourth-order valence-electron chi connectivity index (χ4n) is 12.0. The van der Waals surface area contributed by atoms with Gasteiger partial charge in [0.15, 0.2) is 18.9 Å². The van der Waals surface area contributed by atoms with Gasteiger partial charge in [-0.2, -0.15) is 0 Å². The minimum absolute atomic E-state index is 0.227. The van der Waals surface area contributed by atoms with Crippen LogP contribution in [0, 0.1) is 0 Å². The highest BCUT2D eigenvalue weighted by atomic mass is 16.8. The van der Waals surface area contributed by atoms with Crippen molar-refractivity contribution in [2.45, 2.75) is 356 Å². The van der Waals surface area contributed by atoms with E-state index >= 15 is 0 Å². The Morgan fingerprint density at radius 2 is 0.745 bits per heavy atom. The van der Waals surface area contributed by atoms with Crippen LogP contribution in [0.15, 0.2) is 85.1 Å². The molecule has 0 saturated carbocycles. The minimum atomic E-state index is -1.98. The summed E-state index contributed by atoms with van der Waals surface area (Å²) in [5, 5.41) is 121. The third kappa shape index (κ3) is 36.7. The van der Waals surface area contributed by atoms with Gasteiger partial charge in [0.1, 0.15) is 73.2 Å². The molecule has 0 aromatic carbocycles. The molecule has 0 aromatic rings. The Balaban J connectivity index is 1.43. The predicted octanol–water partition coefficient (Wildman–Crippen LogP) is 10.7. The van der Waals surface area contributed by atoms with Gasteiger partial charge in [-0.25, -0.2) is 0 Å². The van der Waals surface area contributed by atoms with Gasteiger partial charge in [-0.1, -0.05) is 253 Å². The van der Waals surface area contributed by atoms with E-state index in [2.05, 4.69) is 92.1 Å². The van der Waals surface area contributed by atoms with Crippen molar-refractivity contribution in [3.63, 3.8) is 0 Å². The van der Waals surface area contributed by atoms with Gasteiger partial charge in [0, 0.05) is 6.42 Å². The number of hydrogen-bond donors (Lipinski definition) is 12. The molecule has 1 amide bonds. The van der Waals surface area contributed by atoms with Crippen molar-refractivity contribution < 1.29 is 89.4 Å². The maximum Gasteiger partial charge on any atom is 0.220 e. The van der Waals surface area contributed by atoms with E-state index in [0.717, 1.165) is 83.5 Å². The van der Waals surface area contributed by atoms with Crippen molar-refractivity contribution in [3.8, 4) is 0 Å². The number of rotatable bonds is 56. The highest BCUT2D eigenvalue weighted by Crippen LogP contribution is 2.33. The maximum absolute atomic E-state index is 13.4. The summed E-state index contributed by atoms with van der Waals surface area (Å²) in [6, 6.07) is -0.998. The second-order valence-electron chi connectivity index (χ2n) is 26.0. The van der Waals surface area contributed by atoms with Gasteiger partial charge >= 0.3 is 0 Å². The van der Waals surface area contributed by atoms with Crippen LogP contribution in [0.5, 0.6) is 0 Å².